The Morgan fingerprint density at radius 2 is 1.73 bits per heavy atom. The highest BCUT2D eigenvalue weighted by Crippen LogP contribution is 2.27. The van der Waals surface area contributed by atoms with Crippen LogP contribution in [0.15, 0.2) is 71.3 Å². The van der Waals surface area contributed by atoms with E-state index in [2.05, 4.69) is 21.9 Å². The summed E-state index contributed by atoms with van der Waals surface area (Å²) in [6.45, 7) is 4.93. The van der Waals surface area contributed by atoms with Crippen molar-refractivity contribution < 1.29 is 33.2 Å². The number of carbonyl (C=O) groups is 4. The summed E-state index contributed by atoms with van der Waals surface area (Å²) in [6.07, 6.45) is 0.663. The van der Waals surface area contributed by atoms with Crippen molar-refractivity contribution in [3.8, 4) is 11.5 Å². The van der Waals surface area contributed by atoms with Gasteiger partial charge in [0, 0.05) is 37.3 Å². The van der Waals surface area contributed by atoms with E-state index in [1.807, 2.05) is 37.3 Å². The van der Waals surface area contributed by atoms with Crippen molar-refractivity contribution in [2.45, 2.75) is 51.9 Å². The lowest BCUT2D eigenvalue weighted by molar-refractivity contribution is -0.123. The van der Waals surface area contributed by atoms with Crippen molar-refractivity contribution in [2.75, 3.05) is 26.2 Å². The summed E-state index contributed by atoms with van der Waals surface area (Å²) in [6, 6.07) is 19.3. The number of hydrogen-bond acceptors (Lipinski definition) is 8. The molecule has 4 aliphatic heterocycles. The van der Waals surface area contributed by atoms with Gasteiger partial charge in [-0.05, 0) is 66.8 Å². The number of ether oxygens (including phenoxy) is 2. The molecule has 4 bridgehead atoms. The molecule has 2 atom stereocenters. The average molecular weight is 664 g/mol. The summed E-state index contributed by atoms with van der Waals surface area (Å²) >= 11 is 0. The summed E-state index contributed by atoms with van der Waals surface area (Å²) in [5.74, 6) is -0.134. The van der Waals surface area contributed by atoms with Crippen molar-refractivity contribution in [1.82, 2.24) is 25.6 Å². The molecule has 0 spiro atoms. The van der Waals surface area contributed by atoms with Crippen molar-refractivity contribution in [3.05, 3.63) is 112 Å². The minimum Gasteiger partial charge on any atom is -0.486 e. The number of fused-ring (bicyclic) bond motifs is 8. The smallest absolute Gasteiger partial charge is 0.259 e. The predicted molar refractivity (Wildman–Crippen MR) is 177 cm³/mol. The van der Waals surface area contributed by atoms with E-state index in [0.717, 1.165) is 17.5 Å². The fraction of sp³-hybridized carbons (Fsp3) is 0.324. The molecule has 4 aromatic rings. The van der Waals surface area contributed by atoms with Crippen LogP contribution in [0.2, 0.25) is 0 Å². The van der Waals surface area contributed by atoms with Crippen LogP contribution in [0.25, 0.3) is 0 Å². The van der Waals surface area contributed by atoms with Gasteiger partial charge in [-0.2, -0.15) is 0 Å². The largest absolute Gasteiger partial charge is 0.486 e. The van der Waals surface area contributed by atoms with Crippen molar-refractivity contribution in [1.29, 1.82) is 0 Å². The van der Waals surface area contributed by atoms with Gasteiger partial charge in [-0.25, -0.2) is 0 Å². The number of amides is 4. The molecule has 3 aromatic carbocycles. The van der Waals surface area contributed by atoms with E-state index in [1.165, 1.54) is 11.6 Å². The molecule has 1 fully saturated rings. The molecule has 4 aliphatic rings. The van der Waals surface area contributed by atoms with Gasteiger partial charge < -0.3 is 34.4 Å². The van der Waals surface area contributed by atoms with Gasteiger partial charge in [0.25, 0.3) is 23.6 Å². The minimum atomic E-state index is -0.595. The molecule has 12 heteroatoms. The van der Waals surface area contributed by atoms with Crippen LogP contribution in [-0.2, 0) is 30.7 Å². The fourth-order valence-electron chi connectivity index (χ4n) is 6.59. The van der Waals surface area contributed by atoms with Gasteiger partial charge in [0.2, 0.25) is 0 Å². The second kappa shape index (κ2) is 13.5. The maximum absolute atomic E-state index is 14.0. The molecule has 0 unspecified atom stereocenters. The van der Waals surface area contributed by atoms with E-state index in [1.54, 1.807) is 41.0 Å². The molecule has 12 nitrogen and oxygen atoms in total. The zero-order valence-electron chi connectivity index (χ0n) is 27.4. The van der Waals surface area contributed by atoms with Gasteiger partial charge in [-0.1, -0.05) is 48.5 Å². The number of nitrogens with one attached hydrogen (secondary N) is 2. The summed E-state index contributed by atoms with van der Waals surface area (Å²) in [7, 11) is 0. The first-order chi connectivity index (χ1) is 23.7. The molecule has 0 aliphatic carbocycles. The Bertz CT molecular complexity index is 1920. The SMILES string of the molecule is CCc1noc(C)c1C(=O)N1C[C@@H]2NC(=O)c3cc(cc(C(=O)N4CCc5ccccc5C4)c3)OCC(=O)NCc3ccc(cc3)O[C@H]2C1. The van der Waals surface area contributed by atoms with Gasteiger partial charge in [0.15, 0.2) is 6.61 Å². The minimum absolute atomic E-state index is 0.175. The van der Waals surface area contributed by atoms with Gasteiger partial charge in [-0.3, -0.25) is 19.2 Å². The molecule has 8 rings (SSSR count). The first-order valence-electron chi connectivity index (χ1n) is 16.5. The number of likely N-dealkylation sites (tertiary alicyclic amines) is 1. The van der Waals surface area contributed by atoms with Gasteiger partial charge in [0.05, 0.1) is 18.3 Å². The zero-order chi connectivity index (χ0) is 34.1. The molecule has 0 radical (unpaired) electrons. The first kappa shape index (κ1) is 31.9. The molecule has 49 heavy (non-hydrogen) atoms. The number of aryl methyl sites for hydroxylation is 2. The van der Waals surface area contributed by atoms with Crippen molar-refractivity contribution in [2.24, 2.45) is 0 Å². The second-order valence-corrected chi connectivity index (χ2v) is 12.6. The molecule has 252 valence electrons. The number of rotatable bonds is 3. The van der Waals surface area contributed by atoms with Crippen LogP contribution >= 0.6 is 0 Å². The highest BCUT2D eigenvalue weighted by atomic mass is 16.5. The quantitative estimate of drug-likeness (QED) is 0.340. The van der Waals surface area contributed by atoms with Crippen LogP contribution in [0, 0.1) is 6.92 Å². The van der Waals surface area contributed by atoms with Crippen LogP contribution in [0.3, 0.4) is 0 Å². The van der Waals surface area contributed by atoms with Gasteiger partial charge in [0.1, 0.15) is 28.9 Å². The van der Waals surface area contributed by atoms with E-state index in [-0.39, 0.29) is 60.8 Å². The third-order valence-electron chi connectivity index (χ3n) is 9.26. The summed E-state index contributed by atoms with van der Waals surface area (Å²) in [5, 5.41) is 9.94. The molecule has 2 N–H and O–H groups in total. The number of nitrogens with zero attached hydrogens (tertiary/aromatic N) is 3. The lowest BCUT2D eigenvalue weighted by Crippen LogP contribution is -2.45. The standard InChI is InChI=1S/C37H37N5O7/c1-3-30-34(22(2)49-40-30)37(46)42-19-31-32(20-42)48-28-10-8-23(9-11-28)17-38-33(43)21-47-29-15-26(35(44)39-31)14-27(16-29)36(45)41-13-12-24-6-4-5-7-25(24)18-41/h4-11,14-16,31-32H,3,12-13,17-21H2,1-2H3,(H,38,43)(H,39,44)/t31-,32-/m0/s1. The third kappa shape index (κ3) is 6.71. The van der Waals surface area contributed by atoms with Crippen molar-refractivity contribution >= 4 is 23.6 Å². The topological polar surface area (TPSA) is 143 Å². The van der Waals surface area contributed by atoms with Crippen LogP contribution in [0.4, 0.5) is 0 Å². The highest BCUT2D eigenvalue weighted by Gasteiger charge is 2.40. The van der Waals surface area contributed by atoms with E-state index in [9.17, 15) is 19.2 Å². The molecule has 1 aromatic heterocycles. The third-order valence-corrected chi connectivity index (χ3v) is 9.26. The van der Waals surface area contributed by atoms with Crippen LogP contribution in [-0.4, -0.2) is 77.0 Å². The van der Waals surface area contributed by atoms with E-state index in [0.29, 0.717) is 42.3 Å². The normalized spacial score (nSPS) is 19.1. The fourth-order valence-corrected chi connectivity index (χ4v) is 6.59. The Labute approximate surface area is 283 Å². The summed E-state index contributed by atoms with van der Waals surface area (Å²) in [5.41, 5.74) is 4.58. The average Bonchev–Trinajstić information content (AvgIpc) is 3.71. The number of carbonyl (C=O) groups excluding carboxylic acids is 4. The van der Waals surface area contributed by atoms with Crippen LogP contribution < -0.4 is 20.1 Å². The molecule has 1 saturated heterocycles. The van der Waals surface area contributed by atoms with E-state index >= 15 is 0 Å². The molecule has 5 heterocycles. The van der Waals surface area contributed by atoms with E-state index < -0.39 is 18.1 Å². The summed E-state index contributed by atoms with van der Waals surface area (Å²) < 4.78 is 17.6. The van der Waals surface area contributed by atoms with E-state index in [4.69, 9.17) is 14.0 Å². The first-order valence-corrected chi connectivity index (χ1v) is 16.5. The second-order valence-electron chi connectivity index (χ2n) is 12.6. The van der Waals surface area contributed by atoms with Crippen LogP contribution in [0.5, 0.6) is 11.5 Å². The maximum Gasteiger partial charge on any atom is 0.259 e. The highest BCUT2D eigenvalue weighted by molar-refractivity contribution is 6.01. The number of hydrogen-bond donors (Lipinski definition) is 2. The molecular weight excluding hydrogens is 626 g/mol. The number of aromatic nitrogens is 1. The lowest BCUT2D eigenvalue weighted by atomic mass is 9.99. The molecule has 4 amide bonds. The Morgan fingerprint density at radius 1 is 0.939 bits per heavy atom. The van der Waals surface area contributed by atoms with Crippen LogP contribution in [0.1, 0.15) is 66.1 Å². The Kier molecular flexibility index (Phi) is 8.77. The Balaban J connectivity index is 1.20. The number of benzene rings is 3. The van der Waals surface area contributed by atoms with Gasteiger partial charge >= 0.3 is 0 Å². The van der Waals surface area contributed by atoms with Crippen molar-refractivity contribution in [3.63, 3.8) is 0 Å². The van der Waals surface area contributed by atoms with Gasteiger partial charge in [-0.15, -0.1) is 0 Å². The summed E-state index contributed by atoms with van der Waals surface area (Å²) in [4.78, 5) is 57.7. The monoisotopic (exact) mass is 663 g/mol. The Morgan fingerprint density at radius 3 is 2.53 bits per heavy atom. The lowest BCUT2D eigenvalue weighted by Gasteiger charge is -2.29. The Hall–Kier alpha value is -5.65. The predicted octanol–water partition coefficient (Wildman–Crippen LogP) is 3.45. The maximum atomic E-state index is 14.0. The molecule has 0 saturated carbocycles. The molecular formula is C37H37N5O7. The zero-order valence-corrected chi connectivity index (χ0v) is 27.4.